The number of hydrogen-bond donors (Lipinski definition) is 1. The van der Waals surface area contributed by atoms with Crippen LogP contribution in [0.5, 0.6) is 0 Å². The van der Waals surface area contributed by atoms with Crippen LogP contribution in [0.25, 0.3) is 0 Å². The van der Waals surface area contributed by atoms with Crippen molar-refractivity contribution in [1.29, 1.82) is 0 Å². The Morgan fingerprint density at radius 2 is 1.75 bits per heavy atom. The fourth-order valence-electron chi connectivity index (χ4n) is 1.95. The number of rotatable bonds is 4. The van der Waals surface area contributed by atoms with Crippen LogP contribution >= 0.6 is 0 Å². The molecule has 4 nitrogen and oxygen atoms in total. The largest absolute Gasteiger partial charge is 0.462 e. The summed E-state index contributed by atoms with van der Waals surface area (Å²) in [6, 6.07) is 0. The van der Waals surface area contributed by atoms with Crippen LogP contribution in [0.15, 0.2) is 0 Å². The smallest absolute Gasteiger partial charge is 0.449 e. The summed E-state index contributed by atoms with van der Waals surface area (Å²) in [5, 5.41) is 9.01. The lowest BCUT2D eigenvalue weighted by Crippen LogP contribution is -2.56. The normalized spacial score (nSPS) is 30.0. The third-order valence-corrected chi connectivity index (χ3v) is 3.88. The maximum absolute atomic E-state index is 13.3. The number of halogens is 8. The summed E-state index contributed by atoms with van der Waals surface area (Å²) < 4.78 is 111. The molecular formula is C12H14F8O4. The van der Waals surface area contributed by atoms with Crippen molar-refractivity contribution in [2.75, 3.05) is 6.61 Å². The van der Waals surface area contributed by atoms with Gasteiger partial charge in [-0.2, -0.15) is 26.3 Å². The molecule has 3 unspecified atom stereocenters. The van der Waals surface area contributed by atoms with Gasteiger partial charge in [0.15, 0.2) is 5.41 Å². The van der Waals surface area contributed by atoms with E-state index < -0.39 is 61.0 Å². The monoisotopic (exact) mass is 374 g/mol. The lowest BCUT2D eigenvalue weighted by molar-refractivity contribution is -0.407. The van der Waals surface area contributed by atoms with E-state index in [4.69, 9.17) is 5.11 Å². The molecule has 3 atom stereocenters. The summed E-state index contributed by atoms with van der Waals surface area (Å²) in [7, 11) is 0. The van der Waals surface area contributed by atoms with Crippen molar-refractivity contribution in [3.63, 3.8) is 0 Å². The molecule has 0 aromatic heterocycles. The van der Waals surface area contributed by atoms with Crippen molar-refractivity contribution >= 4 is 5.97 Å². The summed E-state index contributed by atoms with van der Waals surface area (Å²) in [6.07, 6.45) is -15.4. The van der Waals surface area contributed by atoms with E-state index in [2.05, 4.69) is 9.47 Å². The molecule has 0 radical (unpaired) electrons. The maximum Gasteiger partial charge on any atom is 0.449 e. The lowest BCUT2D eigenvalue weighted by Gasteiger charge is -2.30. The van der Waals surface area contributed by atoms with E-state index in [-0.39, 0.29) is 0 Å². The summed E-state index contributed by atoms with van der Waals surface area (Å²) >= 11 is 0. The molecule has 1 aliphatic rings. The number of esters is 1. The van der Waals surface area contributed by atoms with Gasteiger partial charge in [-0.3, -0.25) is 4.79 Å². The molecule has 0 amide bonds. The van der Waals surface area contributed by atoms with Gasteiger partial charge in [-0.05, 0) is 13.3 Å². The Morgan fingerprint density at radius 1 is 1.25 bits per heavy atom. The predicted molar refractivity (Wildman–Crippen MR) is 60.9 cm³/mol. The molecule has 0 bridgehead atoms. The number of carbonyl (C=O) groups excluding carboxylic acids is 1. The van der Waals surface area contributed by atoms with Gasteiger partial charge in [0.25, 0.3) is 0 Å². The molecule has 0 aromatic carbocycles. The molecule has 142 valence electrons. The molecule has 0 aromatic rings. The van der Waals surface area contributed by atoms with Crippen LogP contribution in [0, 0.1) is 5.41 Å². The first kappa shape index (κ1) is 20.9. The molecule has 1 rings (SSSR count). The van der Waals surface area contributed by atoms with E-state index in [1.807, 2.05) is 0 Å². The van der Waals surface area contributed by atoms with E-state index in [1.165, 1.54) is 0 Å². The van der Waals surface area contributed by atoms with Crippen molar-refractivity contribution in [1.82, 2.24) is 0 Å². The van der Waals surface area contributed by atoms with Crippen LogP contribution in [0.1, 0.15) is 26.7 Å². The van der Waals surface area contributed by atoms with Crippen LogP contribution in [0.2, 0.25) is 0 Å². The fraction of sp³-hybridized carbons (Fsp3) is 0.917. The Bertz CT molecular complexity index is 488. The predicted octanol–water partition coefficient (Wildman–Crippen LogP) is 3.18. The van der Waals surface area contributed by atoms with E-state index in [0.717, 1.165) is 6.92 Å². The van der Waals surface area contributed by atoms with E-state index in [1.54, 1.807) is 0 Å². The molecule has 24 heavy (non-hydrogen) atoms. The van der Waals surface area contributed by atoms with Crippen LogP contribution in [-0.4, -0.2) is 47.8 Å². The average molecular weight is 374 g/mol. The molecule has 1 aliphatic heterocycles. The van der Waals surface area contributed by atoms with Gasteiger partial charge in [0.1, 0.15) is 12.7 Å². The van der Waals surface area contributed by atoms with Crippen molar-refractivity contribution < 1.29 is 54.5 Å². The van der Waals surface area contributed by atoms with Gasteiger partial charge in [0.05, 0.1) is 0 Å². The second-order valence-corrected chi connectivity index (χ2v) is 5.57. The van der Waals surface area contributed by atoms with Gasteiger partial charge in [-0.25, -0.2) is 8.78 Å². The highest BCUT2D eigenvalue weighted by Crippen LogP contribution is 2.51. The van der Waals surface area contributed by atoms with Gasteiger partial charge >= 0.3 is 30.0 Å². The molecule has 1 saturated heterocycles. The van der Waals surface area contributed by atoms with Crippen molar-refractivity contribution in [3.8, 4) is 0 Å². The van der Waals surface area contributed by atoms with Crippen molar-refractivity contribution in [2.24, 2.45) is 5.41 Å². The third kappa shape index (κ3) is 3.30. The molecule has 1 fully saturated rings. The van der Waals surface area contributed by atoms with E-state index >= 15 is 0 Å². The number of hydrogen-bond acceptors (Lipinski definition) is 4. The molecule has 1 N–H and O–H groups in total. The highest BCUT2D eigenvalue weighted by molar-refractivity contribution is 5.77. The number of alkyl halides is 8. The molecule has 12 heteroatoms. The van der Waals surface area contributed by atoms with Crippen molar-refractivity contribution in [3.05, 3.63) is 0 Å². The topological polar surface area (TPSA) is 55.8 Å². The van der Waals surface area contributed by atoms with Gasteiger partial charge in [0.2, 0.25) is 0 Å². The number of aliphatic hydroxyl groups is 1. The number of carbonyl (C=O) groups is 1. The molecular weight excluding hydrogens is 360 g/mol. The second-order valence-electron chi connectivity index (χ2n) is 5.57. The van der Waals surface area contributed by atoms with Gasteiger partial charge < -0.3 is 14.6 Å². The maximum atomic E-state index is 13.3. The van der Waals surface area contributed by atoms with Crippen LogP contribution in [0.3, 0.4) is 0 Å². The van der Waals surface area contributed by atoms with Crippen LogP contribution < -0.4 is 0 Å². The fourth-order valence-corrected chi connectivity index (χ4v) is 1.95. The molecule has 0 saturated carbocycles. The Hall–Kier alpha value is -1.17. The molecule has 1 heterocycles. The first-order chi connectivity index (χ1) is 10.5. The highest BCUT2D eigenvalue weighted by Gasteiger charge is 2.75. The SMILES string of the molecule is CCC(C)(C(=O)OCC1CC(F)(F)C(O)(C(F)(F)F)O1)C(F)(F)F. The Morgan fingerprint density at radius 3 is 2.08 bits per heavy atom. The summed E-state index contributed by atoms with van der Waals surface area (Å²) in [5.41, 5.74) is -2.95. The van der Waals surface area contributed by atoms with E-state index in [0.29, 0.717) is 6.92 Å². The minimum Gasteiger partial charge on any atom is -0.462 e. The van der Waals surface area contributed by atoms with Crippen LogP contribution in [0.4, 0.5) is 35.1 Å². The van der Waals surface area contributed by atoms with E-state index in [9.17, 15) is 39.9 Å². The van der Waals surface area contributed by atoms with Gasteiger partial charge in [-0.1, -0.05) is 6.92 Å². The Labute approximate surface area is 130 Å². The summed E-state index contributed by atoms with van der Waals surface area (Å²) in [4.78, 5) is 11.5. The van der Waals surface area contributed by atoms with Crippen LogP contribution in [-0.2, 0) is 14.3 Å². The molecule has 0 aliphatic carbocycles. The number of ether oxygens (including phenoxy) is 2. The minimum atomic E-state index is -5.85. The molecule has 0 spiro atoms. The summed E-state index contributed by atoms with van der Waals surface area (Å²) in [6.45, 7) is 0.237. The third-order valence-electron chi connectivity index (χ3n) is 3.88. The average Bonchev–Trinajstić information content (AvgIpc) is 2.64. The zero-order valence-corrected chi connectivity index (χ0v) is 12.4. The first-order valence-corrected chi connectivity index (χ1v) is 6.60. The van der Waals surface area contributed by atoms with Gasteiger partial charge in [0, 0.05) is 6.42 Å². The zero-order chi connectivity index (χ0) is 19.2. The lowest BCUT2D eigenvalue weighted by atomic mass is 9.87. The zero-order valence-electron chi connectivity index (χ0n) is 12.4. The highest BCUT2D eigenvalue weighted by atomic mass is 19.4. The quantitative estimate of drug-likeness (QED) is 0.607. The summed E-state index contributed by atoms with van der Waals surface area (Å²) in [5.74, 6) is -11.4. The Kier molecular flexibility index (Phi) is 5.19. The minimum absolute atomic E-state index is 0.505. The first-order valence-electron chi connectivity index (χ1n) is 6.60. The second kappa shape index (κ2) is 5.97. The van der Waals surface area contributed by atoms with Gasteiger partial charge in [-0.15, -0.1) is 0 Å². The van der Waals surface area contributed by atoms with Crippen molar-refractivity contribution in [2.45, 2.75) is 56.9 Å². The Balaban J connectivity index is 2.82. The standard InChI is InChI=1S/C12H14F8O4/c1-3-8(2,11(15,16)17)7(21)23-5-6-4-9(13,14)10(22,24-6)12(18,19)20/h6,22H,3-5H2,1-2H3.